The van der Waals surface area contributed by atoms with Gasteiger partial charge in [-0.25, -0.2) is 0 Å². The molecule has 0 aliphatic heterocycles. The van der Waals surface area contributed by atoms with Gasteiger partial charge in [0.2, 0.25) is 0 Å². The molecule has 4 aliphatic carbocycles. The SMILES string of the molecule is C=C1/C(=C\C=C2/CCC[C@]3(C)[C@@H]([C@H](C)/C=C\C(O)C4CC4)CC[C@@H]23)C[C@H](O)C[C@H]1O. The van der Waals surface area contributed by atoms with E-state index in [1.165, 1.54) is 44.1 Å². The molecular formula is C27H40O3. The Morgan fingerprint density at radius 3 is 2.60 bits per heavy atom. The standard InChI is InChI=1S/C27H40O3/c1-17(6-13-25(29)20-8-9-20)23-11-12-24-19(5-4-14-27(23,24)3)7-10-21-15-22(28)16-26(30)18(21)2/h6-7,10,13,17,20,22-26,28-30H,2,4-5,8-9,11-12,14-16H2,1,3H3/b13-6-,19-7+,21-10-/t17-,22+,23-,24+,25?,26-,27-/m1/s1. The van der Waals surface area contributed by atoms with Crippen molar-refractivity contribution in [3.63, 3.8) is 0 Å². The van der Waals surface area contributed by atoms with E-state index in [1.54, 1.807) is 0 Å². The third-order valence-electron chi connectivity index (χ3n) is 8.65. The van der Waals surface area contributed by atoms with Gasteiger partial charge in [-0.15, -0.1) is 0 Å². The first-order valence-corrected chi connectivity index (χ1v) is 12.1. The molecule has 7 atom stereocenters. The van der Waals surface area contributed by atoms with Crippen molar-refractivity contribution in [3.05, 3.63) is 47.6 Å². The van der Waals surface area contributed by atoms with E-state index in [-0.39, 0.29) is 6.10 Å². The number of aliphatic hydroxyl groups excluding tert-OH is 3. The van der Waals surface area contributed by atoms with Crippen LogP contribution in [0.15, 0.2) is 47.6 Å². The van der Waals surface area contributed by atoms with Crippen LogP contribution in [0.2, 0.25) is 0 Å². The van der Waals surface area contributed by atoms with E-state index in [1.807, 2.05) is 0 Å². The van der Waals surface area contributed by atoms with Crippen molar-refractivity contribution in [1.82, 2.24) is 0 Å². The third-order valence-corrected chi connectivity index (χ3v) is 8.65. The molecule has 0 heterocycles. The van der Waals surface area contributed by atoms with Crippen molar-refractivity contribution in [2.24, 2.45) is 29.1 Å². The monoisotopic (exact) mass is 412 g/mol. The summed E-state index contributed by atoms with van der Waals surface area (Å²) in [5, 5.41) is 30.4. The van der Waals surface area contributed by atoms with Gasteiger partial charge in [-0.3, -0.25) is 0 Å². The van der Waals surface area contributed by atoms with Crippen LogP contribution in [0.25, 0.3) is 0 Å². The van der Waals surface area contributed by atoms with Crippen LogP contribution in [0.3, 0.4) is 0 Å². The van der Waals surface area contributed by atoms with Gasteiger partial charge >= 0.3 is 0 Å². The topological polar surface area (TPSA) is 60.7 Å². The summed E-state index contributed by atoms with van der Waals surface area (Å²) in [5.41, 5.74) is 3.63. The third kappa shape index (κ3) is 4.40. The predicted octanol–water partition coefficient (Wildman–Crippen LogP) is 5.09. The maximum atomic E-state index is 10.2. The molecule has 0 aromatic heterocycles. The molecule has 3 nitrogen and oxygen atoms in total. The summed E-state index contributed by atoms with van der Waals surface area (Å²) in [7, 11) is 0. The Morgan fingerprint density at radius 2 is 1.87 bits per heavy atom. The Hall–Kier alpha value is -1.16. The van der Waals surface area contributed by atoms with Crippen LogP contribution in [0.4, 0.5) is 0 Å². The lowest BCUT2D eigenvalue weighted by molar-refractivity contribution is 0.0862. The van der Waals surface area contributed by atoms with E-state index >= 15 is 0 Å². The molecular weight excluding hydrogens is 372 g/mol. The average molecular weight is 413 g/mol. The summed E-state index contributed by atoms with van der Waals surface area (Å²) >= 11 is 0. The average Bonchev–Trinajstić information content (AvgIpc) is 3.49. The second-order valence-corrected chi connectivity index (χ2v) is 10.7. The van der Waals surface area contributed by atoms with Gasteiger partial charge in [0.05, 0.1) is 18.3 Å². The molecule has 0 aromatic carbocycles. The minimum Gasteiger partial charge on any atom is -0.393 e. The molecule has 4 aliphatic rings. The highest BCUT2D eigenvalue weighted by Gasteiger charge is 2.50. The minimum atomic E-state index is -0.621. The van der Waals surface area contributed by atoms with Gasteiger partial charge in [0.1, 0.15) is 0 Å². The van der Waals surface area contributed by atoms with Crippen LogP contribution in [0.5, 0.6) is 0 Å². The molecule has 0 aromatic rings. The summed E-state index contributed by atoms with van der Waals surface area (Å²) in [6, 6.07) is 0. The zero-order chi connectivity index (χ0) is 21.5. The van der Waals surface area contributed by atoms with Crippen molar-refractivity contribution in [2.75, 3.05) is 0 Å². The fourth-order valence-electron chi connectivity index (χ4n) is 6.63. The summed E-state index contributed by atoms with van der Waals surface area (Å²) < 4.78 is 0. The van der Waals surface area contributed by atoms with Gasteiger partial charge in [-0.05, 0) is 91.6 Å². The Bertz CT molecular complexity index is 743. The predicted molar refractivity (Wildman–Crippen MR) is 122 cm³/mol. The lowest BCUT2D eigenvalue weighted by Crippen LogP contribution is -2.35. The second kappa shape index (κ2) is 8.76. The van der Waals surface area contributed by atoms with E-state index in [0.717, 1.165) is 17.6 Å². The van der Waals surface area contributed by atoms with E-state index in [9.17, 15) is 15.3 Å². The van der Waals surface area contributed by atoms with Gasteiger partial charge in [0.25, 0.3) is 0 Å². The van der Waals surface area contributed by atoms with Crippen LogP contribution in [0.1, 0.15) is 71.6 Å². The van der Waals surface area contributed by atoms with E-state index in [0.29, 0.717) is 41.9 Å². The van der Waals surface area contributed by atoms with Crippen molar-refractivity contribution in [1.29, 1.82) is 0 Å². The van der Waals surface area contributed by atoms with E-state index in [4.69, 9.17) is 0 Å². The van der Waals surface area contributed by atoms with Gasteiger partial charge < -0.3 is 15.3 Å². The Labute approximate surface area is 182 Å². The largest absolute Gasteiger partial charge is 0.393 e. The zero-order valence-corrected chi connectivity index (χ0v) is 18.8. The highest BCUT2D eigenvalue weighted by molar-refractivity contribution is 5.38. The number of rotatable bonds is 5. The van der Waals surface area contributed by atoms with E-state index < -0.39 is 12.2 Å². The Morgan fingerprint density at radius 1 is 1.10 bits per heavy atom. The van der Waals surface area contributed by atoms with Gasteiger partial charge in [-0.1, -0.05) is 50.3 Å². The van der Waals surface area contributed by atoms with Crippen molar-refractivity contribution < 1.29 is 15.3 Å². The van der Waals surface area contributed by atoms with Gasteiger partial charge in [-0.2, -0.15) is 0 Å². The Kier molecular flexibility index (Phi) is 6.44. The molecule has 4 fully saturated rings. The number of hydrogen-bond donors (Lipinski definition) is 3. The number of fused-ring (bicyclic) bond motifs is 1. The van der Waals surface area contributed by atoms with Crippen LogP contribution in [-0.2, 0) is 0 Å². The molecule has 4 rings (SSSR count). The highest BCUT2D eigenvalue weighted by atomic mass is 16.3. The Balaban J connectivity index is 1.48. The van der Waals surface area contributed by atoms with Crippen LogP contribution >= 0.6 is 0 Å². The molecule has 4 saturated carbocycles. The maximum absolute atomic E-state index is 10.2. The fourth-order valence-corrected chi connectivity index (χ4v) is 6.63. The van der Waals surface area contributed by atoms with E-state index in [2.05, 4.69) is 44.7 Å². The normalized spacial score (nSPS) is 42.1. The number of hydrogen-bond acceptors (Lipinski definition) is 3. The zero-order valence-electron chi connectivity index (χ0n) is 18.8. The van der Waals surface area contributed by atoms with Crippen molar-refractivity contribution in [3.8, 4) is 0 Å². The quantitative estimate of drug-likeness (QED) is 0.551. The van der Waals surface area contributed by atoms with Gasteiger partial charge in [0.15, 0.2) is 0 Å². The smallest absolute Gasteiger partial charge is 0.0811 e. The number of allylic oxidation sites excluding steroid dienone is 4. The molecule has 0 radical (unpaired) electrons. The maximum Gasteiger partial charge on any atom is 0.0811 e. The lowest BCUT2D eigenvalue weighted by atomic mass is 9.61. The molecule has 0 amide bonds. The first-order valence-electron chi connectivity index (χ1n) is 12.1. The molecule has 0 bridgehead atoms. The summed E-state index contributed by atoms with van der Waals surface area (Å²) in [5.74, 6) is 2.28. The highest BCUT2D eigenvalue weighted by Crippen LogP contribution is 2.59. The van der Waals surface area contributed by atoms with Crippen LogP contribution in [-0.4, -0.2) is 33.6 Å². The summed E-state index contributed by atoms with van der Waals surface area (Å²) in [4.78, 5) is 0. The summed E-state index contributed by atoms with van der Waals surface area (Å²) in [6.07, 6.45) is 16.9. The minimum absolute atomic E-state index is 0.250. The fraction of sp³-hybridized carbons (Fsp3) is 0.704. The molecule has 166 valence electrons. The molecule has 3 heteroatoms. The van der Waals surface area contributed by atoms with Gasteiger partial charge in [0, 0.05) is 6.42 Å². The molecule has 0 spiro atoms. The van der Waals surface area contributed by atoms with Crippen LogP contribution in [0, 0.1) is 29.1 Å². The number of aliphatic hydroxyl groups is 3. The van der Waals surface area contributed by atoms with Crippen LogP contribution < -0.4 is 0 Å². The summed E-state index contributed by atoms with van der Waals surface area (Å²) in [6.45, 7) is 8.88. The lowest BCUT2D eigenvalue weighted by Gasteiger charge is -2.44. The first-order chi connectivity index (χ1) is 14.3. The van der Waals surface area contributed by atoms with Crippen molar-refractivity contribution in [2.45, 2.75) is 89.9 Å². The molecule has 1 unspecified atom stereocenters. The molecule has 30 heavy (non-hydrogen) atoms. The van der Waals surface area contributed by atoms with Crippen molar-refractivity contribution >= 4 is 0 Å². The first kappa shape index (κ1) is 22.0. The second-order valence-electron chi connectivity index (χ2n) is 10.7. The molecule has 3 N–H and O–H groups in total. The molecule has 0 saturated heterocycles.